The van der Waals surface area contributed by atoms with Gasteiger partial charge < -0.3 is 0 Å². The van der Waals surface area contributed by atoms with Crippen LogP contribution in [-0.4, -0.2) is 34.9 Å². The monoisotopic (exact) mass is 263 g/mol. The predicted molar refractivity (Wildman–Crippen MR) is 68.8 cm³/mol. The second kappa shape index (κ2) is 6.39. The Morgan fingerprint density at radius 1 is 1.37 bits per heavy atom. The van der Waals surface area contributed by atoms with Gasteiger partial charge in [0.2, 0.25) is 5.91 Å². The van der Waals surface area contributed by atoms with Crippen molar-refractivity contribution in [3.8, 4) is 0 Å². The van der Waals surface area contributed by atoms with Crippen LogP contribution in [0.1, 0.15) is 18.9 Å². The van der Waals surface area contributed by atoms with Crippen molar-refractivity contribution in [3.63, 3.8) is 0 Å². The summed E-state index contributed by atoms with van der Waals surface area (Å²) in [7, 11) is 1.44. The van der Waals surface area contributed by atoms with Crippen LogP contribution in [0.25, 0.3) is 0 Å². The molecule has 0 bridgehead atoms. The third-order valence-electron chi connectivity index (χ3n) is 2.25. The summed E-state index contributed by atoms with van der Waals surface area (Å²) >= 11 is 0. The van der Waals surface area contributed by atoms with Crippen LogP contribution >= 0.6 is 0 Å². The van der Waals surface area contributed by atoms with Crippen LogP contribution in [0.15, 0.2) is 29.4 Å². The highest BCUT2D eigenvalue weighted by Crippen LogP contribution is 2.10. The predicted octanol–water partition coefficient (Wildman–Crippen LogP) is 1.37. The quantitative estimate of drug-likeness (QED) is 0.347. The van der Waals surface area contributed by atoms with Gasteiger partial charge in [-0.25, -0.2) is 5.01 Å². The van der Waals surface area contributed by atoms with E-state index in [9.17, 15) is 19.7 Å². The zero-order chi connectivity index (χ0) is 14.4. The van der Waals surface area contributed by atoms with Gasteiger partial charge in [-0.1, -0.05) is 0 Å². The van der Waals surface area contributed by atoms with Gasteiger partial charge in [0, 0.05) is 19.2 Å². The minimum atomic E-state index is -0.497. The first-order valence-electron chi connectivity index (χ1n) is 5.44. The molecule has 0 heterocycles. The minimum absolute atomic E-state index is 0.0156. The number of carbonyl (C=O) groups excluding carboxylic acids is 2. The molecular weight excluding hydrogens is 250 g/mol. The molecule has 0 saturated carbocycles. The number of nitro groups is 1. The lowest BCUT2D eigenvalue weighted by Gasteiger charge is -2.08. The van der Waals surface area contributed by atoms with Crippen LogP contribution in [0.3, 0.4) is 0 Å². The number of hydrogen-bond donors (Lipinski definition) is 0. The number of carbonyl (C=O) groups is 2. The van der Waals surface area contributed by atoms with Crippen LogP contribution in [0.5, 0.6) is 0 Å². The summed E-state index contributed by atoms with van der Waals surface area (Å²) in [5.41, 5.74) is 0.603. The summed E-state index contributed by atoms with van der Waals surface area (Å²) in [4.78, 5) is 32.2. The van der Waals surface area contributed by atoms with Crippen molar-refractivity contribution in [1.29, 1.82) is 0 Å². The topological polar surface area (TPSA) is 92.9 Å². The fourth-order valence-corrected chi connectivity index (χ4v) is 1.23. The summed E-state index contributed by atoms with van der Waals surface area (Å²) in [6, 6.07) is 5.73. The van der Waals surface area contributed by atoms with Gasteiger partial charge in [-0.3, -0.25) is 19.7 Å². The fraction of sp³-hybridized carbons (Fsp3) is 0.250. The highest BCUT2D eigenvalue weighted by atomic mass is 16.6. The molecule has 0 aliphatic heterocycles. The largest absolute Gasteiger partial charge is 0.299 e. The molecular formula is C12H13N3O4. The molecule has 100 valence electrons. The van der Waals surface area contributed by atoms with E-state index < -0.39 is 10.8 Å². The van der Waals surface area contributed by atoms with Gasteiger partial charge >= 0.3 is 0 Å². The van der Waals surface area contributed by atoms with Crippen molar-refractivity contribution < 1.29 is 14.5 Å². The highest BCUT2D eigenvalue weighted by molar-refractivity contribution is 5.97. The van der Waals surface area contributed by atoms with Gasteiger partial charge in [0.25, 0.3) is 5.69 Å². The zero-order valence-corrected chi connectivity index (χ0v) is 10.6. The maximum atomic E-state index is 11.4. The average Bonchev–Trinajstić information content (AvgIpc) is 2.35. The van der Waals surface area contributed by atoms with E-state index >= 15 is 0 Å². The molecule has 0 N–H and O–H groups in total. The van der Waals surface area contributed by atoms with Gasteiger partial charge in [0.15, 0.2) is 0 Å². The number of benzene rings is 1. The number of hydrazone groups is 1. The number of ketones is 1. The van der Waals surface area contributed by atoms with Gasteiger partial charge in [-0.15, -0.1) is 0 Å². The maximum Gasteiger partial charge on any atom is 0.269 e. The molecule has 1 amide bonds. The molecule has 0 spiro atoms. The molecule has 0 aliphatic rings. The summed E-state index contributed by atoms with van der Waals surface area (Å²) in [5, 5.41) is 15.4. The van der Waals surface area contributed by atoms with E-state index in [2.05, 4.69) is 5.10 Å². The van der Waals surface area contributed by atoms with Gasteiger partial charge in [0.1, 0.15) is 5.78 Å². The Kier molecular flexibility index (Phi) is 4.87. The summed E-state index contributed by atoms with van der Waals surface area (Å²) in [6.07, 6.45) is 1.19. The Morgan fingerprint density at radius 2 is 1.95 bits per heavy atom. The number of Topliss-reactive ketones (excluding diaryl/α,β-unsaturated/α-hetero) is 1. The SMILES string of the molecule is CC(=O)CC(=O)N(C)/N=C/c1ccc([N+](=O)[O-])cc1. The molecule has 7 heteroatoms. The van der Waals surface area contributed by atoms with E-state index in [4.69, 9.17) is 0 Å². The van der Waals surface area contributed by atoms with Gasteiger partial charge in [-0.05, 0) is 24.6 Å². The maximum absolute atomic E-state index is 11.4. The highest BCUT2D eigenvalue weighted by Gasteiger charge is 2.09. The molecule has 0 atom stereocenters. The Labute approximate surface area is 109 Å². The minimum Gasteiger partial charge on any atom is -0.299 e. The molecule has 7 nitrogen and oxygen atoms in total. The molecule has 0 saturated heterocycles. The Hall–Kier alpha value is -2.57. The molecule has 1 rings (SSSR count). The number of nitro benzene ring substituents is 1. The van der Waals surface area contributed by atoms with Crippen LogP contribution in [0.2, 0.25) is 0 Å². The van der Waals surface area contributed by atoms with Gasteiger partial charge in [-0.2, -0.15) is 5.10 Å². The molecule has 0 unspecified atom stereocenters. The smallest absolute Gasteiger partial charge is 0.269 e. The first-order chi connectivity index (χ1) is 8.90. The van der Waals surface area contributed by atoms with E-state index in [1.54, 1.807) is 0 Å². The summed E-state index contributed by atoms with van der Waals surface area (Å²) in [5.74, 6) is -0.645. The standard InChI is InChI=1S/C12H13N3O4/c1-9(16)7-12(17)14(2)13-8-10-3-5-11(6-4-10)15(18)19/h3-6,8H,7H2,1-2H3/b13-8+. The van der Waals surface area contributed by atoms with Crippen LogP contribution in [-0.2, 0) is 9.59 Å². The van der Waals surface area contributed by atoms with E-state index in [0.717, 1.165) is 5.01 Å². The van der Waals surface area contributed by atoms with E-state index in [1.807, 2.05) is 0 Å². The number of hydrogen-bond acceptors (Lipinski definition) is 5. The van der Waals surface area contributed by atoms with E-state index in [-0.39, 0.29) is 17.9 Å². The van der Waals surface area contributed by atoms with Crippen LogP contribution in [0.4, 0.5) is 5.69 Å². The molecule has 19 heavy (non-hydrogen) atoms. The van der Waals surface area contributed by atoms with Crippen molar-refractivity contribution in [2.75, 3.05) is 7.05 Å². The van der Waals surface area contributed by atoms with Crippen LogP contribution in [0, 0.1) is 10.1 Å². The Morgan fingerprint density at radius 3 is 2.42 bits per heavy atom. The normalized spacial score (nSPS) is 10.4. The van der Waals surface area contributed by atoms with Crippen molar-refractivity contribution in [2.45, 2.75) is 13.3 Å². The molecule has 1 aromatic carbocycles. The number of rotatable bonds is 5. The molecule has 0 aromatic heterocycles. The lowest BCUT2D eigenvalue weighted by Crippen LogP contribution is -2.23. The zero-order valence-electron chi connectivity index (χ0n) is 10.6. The molecule has 0 aliphatic carbocycles. The summed E-state index contributed by atoms with van der Waals surface area (Å²) < 4.78 is 0. The summed E-state index contributed by atoms with van der Waals surface area (Å²) in [6.45, 7) is 1.33. The first-order valence-corrected chi connectivity index (χ1v) is 5.44. The molecule has 0 radical (unpaired) electrons. The van der Waals surface area contributed by atoms with Crippen molar-refractivity contribution in [2.24, 2.45) is 5.10 Å². The first kappa shape index (κ1) is 14.5. The Bertz CT molecular complexity index is 522. The van der Waals surface area contributed by atoms with Crippen molar-refractivity contribution in [1.82, 2.24) is 5.01 Å². The second-order valence-corrected chi connectivity index (χ2v) is 3.89. The van der Waals surface area contributed by atoms with Crippen molar-refractivity contribution >= 4 is 23.6 Å². The number of nitrogens with zero attached hydrogens (tertiary/aromatic N) is 3. The van der Waals surface area contributed by atoms with Gasteiger partial charge in [0.05, 0.1) is 17.6 Å². The average molecular weight is 263 g/mol. The van der Waals surface area contributed by atoms with Crippen LogP contribution < -0.4 is 0 Å². The lowest BCUT2D eigenvalue weighted by atomic mass is 10.2. The molecule has 1 aromatic rings. The van der Waals surface area contributed by atoms with E-state index in [0.29, 0.717) is 5.56 Å². The Balaban J connectivity index is 2.68. The van der Waals surface area contributed by atoms with Crippen molar-refractivity contribution in [3.05, 3.63) is 39.9 Å². The molecule has 0 fully saturated rings. The fourth-order valence-electron chi connectivity index (χ4n) is 1.23. The third-order valence-corrected chi connectivity index (χ3v) is 2.25. The van der Waals surface area contributed by atoms with E-state index in [1.165, 1.54) is 44.5 Å². The third kappa shape index (κ3) is 4.66. The second-order valence-electron chi connectivity index (χ2n) is 3.89. The lowest BCUT2D eigenvalue weighted by molar-refractivity contribution is -0.384. The number of amides is 1. The number of non-ortho nitro benzene ring substituents is 1.